The second kappa shape index (κ2) is 7.43. The van der Waals surface area contributed by atoms with Crippen molar-refractivity contribution in [2.45, 2.75) is 45.7 Å². The molecule has 1 fully saturated rings. The highest BCUT2D eigenvalue weighted by Crippen LogP contribution is 2.29. The highest BCUT2D eigenvalue weighted by molar-refractivity contribution is 4.93. The van der Waals surface area contributed by atoms with Gasteiger partial charge in [-0.2, -0.15) is 0 Å². The molecular formula is C14H30N2O2. The maximum absolute atomic E-state index is 6.19. The van der Waals surface area contributed by atoms with Crippen LogP contribution in [0.4, 0.5) is 0 Å². The Morgan fingerprint density at radius 2 is 2.11 bits per heavy atom. The second-order valence-corrected chi connectivity index (χ2v) is 5.71. The Balaban J connectivity index is 2.64. The van der Waals surface area contributed by atoms with E-state index in [9.17, 15) is 0 Å². The third-order valence-corrected chi connectivity index (χ3v) is 4.23. The van der Waals surface area contributed by atoms with Crippen molar-refractivity contribution in [2.24, 2.45) is 11.1 Å². The monoisotopic (exact) mass is 258 g/mol. The Bertz CT molecular complexity index is 234. The summed E-state index contributed by atoms with van der Waals surface area (Å²) in [5.74, 6) is 0. The van der Waals surface area contributed by atoms with Crippen LogP contribution in [0.1, 0.15) is 33.6 Å². The van der Waals surface area contributed by atoms with Crippen molar-refractivity contribution in [3.8, 4) is 0 Å². The van der Waals surface area contributed by atoms with Crippen molar-refractivity contribution >= 4 is 0 Å². The smallest absolute Gasteiger partial charge is 0.0624 e. The average molecular weight is 258 g/mol. The highest BCUT2D eigenvalue weighted by Gasteiger charge is 2.39. The molecule has 0 aliphatic carbocycles. The summed E-state index contributed by atoms with van der Waals surface area (Å²) in [6, 6.07) is 0.765. The van der Waals surface area contributed by atoms with Gasteiger partial charge in [-0.05, 0) is 12.8 Å². The number of methoxy groups -OCH3 is 1. The van der Waals surface area contributed by atoms with Crippen molar-refractivity contribution in [3.63, 3.8) is 0 Å². The molecule has 0 aromatic rings. The number of ether oxygens (including phenoxy) is 2. The standard InChI is InChI=1S/C14H30N2O2/c1-5-12(6-2)16(7-8-17-4)10-14(3)11-18-9-13(14)15/h12-13H,5-11,15H2,1-4H3. The number of rotatable bonds is 8. The van der Waals surface area contributed by atoms with Gasteiger partial charge in [0.25, 0.3) is 0 Å². The quantitative estimate of drug-likeness (QED) is 0.716. The fourth-order valence-corrected chi connectivity index (χ4v) is 2.76. The maximum atomic E-state index is 6.19. The third-order valence-electron chi connectivity index (χ3n) is 4.23. The first-order valence-electron chi connectivity index (χ1n) is 7.13. The molecule has 18 heavy (non-hydrogen) atoms. The second-order valence-electron chi connectivity index (χ2n) is 5.71. The van der Waals surface area contributed by atoms with E-state index in [1.54, 1.807) is 7.11 Å². The number of nitrogens with zero attached hydrogens (tertiary/aromatic N) is 1. The fourth-order valence-electron chi connectivity index (χ4n) is 2.76. The summed E-state index contributed by atoms with van der Waals surface area (Å²) in [7, 11) is 1.76. The van der Waals surface area contributed by atoms with Gasteiger partial charge in [0.1, 0.15) is 0 Å². The Kier molecular flexibility index (Phi) is 6.57. The van der Waals surface area contributed by atoms with E-state index < -0.39 is 0 Å². The first-order valence-corrected chi connectivity index (χ1v) is 7.13. The molecule has 0 radical (unpaired) electrons. The molecule has 0 saturated carbocycles. The molecular weight excluding hydrogens is 228 g/mol. The summed E-state index contributed by atoms with van der Waals surface area (Å²) in [4.78, 5) is 2.53. The molecule has 2 N–H and O–H groups in total. The first kappa shape index (κ1) is 15.9. The average Bonchev–Trinajstić information content (AvgIpc) is 2.68. The molecule has 0 aromatic heterocycles. The summed E-state index contributed by atoms with van der Waals surface area (Å²) in [5, 5.41) is 0. The van der Waals surface area contributed by atoms with Crippen molar-refractivity contribution in [1.82, 2.24) is 4.90 Å². The van der Waals surface area contributed by atoms with Crippen LogP contribution in [0.2, 0.25) is 0 Å². The molecule has 0 amide bonds. The molecule has 2 atom stereocenters. The Morgan fingerprint density at radius 3 is 2.56 bits per heavy atom. The van der Waals surface area contributed by atoms with Gasteiger partial charge in [-0.3, -0.25) is 4.90 Å². The van der Waals surface area contributed by atoms with Crippen molar-refractivity contribution < 1.29 is 9.47 Å². The lowest BCUT2D eigenvalue weighted by atomic mass is 9.84. The minimum atomic E-state index is 0.0797. The highest BCUT2D eigenvalue weighted by atomic mass is 16.5. The van der Waals surface area contributed by atoms with Crippen LogP contribution in [0.25, 0.3) is 0 Å². The van der Waals surface area contributed by atoms with Gasteiger partial charge in [0.05, 0.1) is 19.8 Å². The van der Waals surface area contributed by atoms with Gasteiger partial charge in [-0.1, -0.05) is 20.8 Å². The van der Waals surface area contributed by atoms with Crippen LogP contribution in [0, 0.1) is 5.41 Å². The van der Waals surface area contributed by atoms with Gasteiger partial charge in [0.15, 0.2) is 0 Å². The van der Waals surface area contributed by atoms with Crippen LogP contribution in [-0.4, -0.2) is 57.0 Å². The van der Waals surface area contributed by atoms with Crippen molar-refractivity contribution in [2.75, 3.05) is 40.0 Å². The SMILES string of the molecule is CCC(CC)N(CCOC)CC1(C)COCC1N. The molecule has 1 aliphatic heterocycles. The molecule has 0 spiro atoms. The fraction of sp³-hybridized carbons (Fsp3) is 1.00. The molecule has 1 aliphatic rings. The van der Waals surface area contributed by atoms with E-state index in [-0.39, 0.29) is 11.5 Å². The van der Waals surface area contributed by atoms with Crippen LogP contribution in [0.15, 0.2) is 0 Å². The molecule has 0 aromatic carbocycles. The van der Waals surface area contributed by atoms with Gasteiger partial charge in [-0.25, -0.2) is 0 Å². The molecule has 1 heterocycles. The van der Waals surface area contributed by atoms with E-state index in [4.69, 9.17) is 15.2 Å². The zero-order chi connectivity index (χ0) is 13.6. The zero-order valence-corrected chi connectivity index (χ0v) is 12.4. The Morgan fingerprint density at radius 1 is 1.44 bits per heavy atom. The van der Waals surface area contributed by atoms with E-state index >= 15 is 0 Å². The van der Waals surface area contributed by atoms with E-state index in [1.165, 1.54) is 12.8 Å². The lowest BCUT2D eigenvalue weighted by Crippen LogP contribution is -2.50. The van der Waals surface area contributed by atoms with Gasteiger partial charge >= 0.3 is 0 Å². The number of hydrogen-bond acceptors (Lipinski definition) is 4. The summed E-state index contributed by atoms with van der Waals surface area (Å²) < 4.78 is 10.8. The van der Waals surface area contributed by atoms with Crippen molar-refractivity contribution in [1.29, 1.82) is 0 Å². The van der Waals surface area contributed by atoms with Gasteiger partial charge in [-0.15, -0.1) is 0 Å². The Hall–Kier alpha value is -0.160. The Labute approximate surface area is 112 Å². The predicted octanol–water partition coefficient (Wildman–Crippen LogP) is 1.49. The minimum Gasteiger partial charge on any atom is -0.383 e. The van der Waals surface area contributed by atoms with E-state index in [1.807, 2.05) is 0 Å². The van der Waals surface area contributed by atoms with Crippen LogP contribution in [0.5, 0.6) is 0 Å². The minimum absolute atomic E-state index is 0.0797. The maximum Gasteiger partial charge on any atom is 0.0624 e. The lowest BCUT2D eigenvalue weighted by Gasteiger charge is -2.38. The summed E-state index contributed by atoms with van der Waals surface area (Å²) in [6.07, 6.45) is 2.35. The molecule has 0 bridgehead atoms. The number of nitrogens with two attached hydrogens (primary N) is 1. The topological polar surface area (TPSA) is 47.7 Å². The third kappa shape index (κ3) is 3.92. The molecule has 2 unspecified atom stereocenters. The van der Waals surface area contributed by atoms with Crippen LogP contribution in [-0.2, 0) is 9.47 Å². The van der Waals surface area contributed by atoms with E-state index in [2.05, 4.69) is 25.7 Å². The van der Waals surface area contributed by atoms with Gasteiger partial charge in [0.2, 0.25) is 0 Å². The largest absolute Gasteiger partial charge is 0.383 e. The predicted molar refractivity (Wildman–Crippen MR) is 74.7 cm³/mol. The number of hydrogen-bond donors (Lipinski definition) is 1. The normalized spacial score (nSPS) is 28.5. The summed E-state index contributed by atoms with van der Waals surface area (Å²) in [6.45, 7) is 11.0. The lowest BCUT2D eigenvalue weighted by molar-refractivity contribution is 0.0644. The molecule has 1 saturated heterocycles. The molecule has 4 heteroatoms. The zero-order valence-electron chi connectivity index (χ0n) is 12.4. The summed E-state index contributed by atoms with van der Waals surface area (Å²) >= 11 is 0. The van der Waals surface area contributed by atoms with E-state index in [0.717, 1.165) is 26.3 Å². The summed E-state index contributed by atoms with van der Waals surface area (Å²) in [5.41, 5.74) is 6.27. The van der Waals surface area contributed by atoms with E-state index in [0.29, 0.717) is 12.6 Å². The van der Waals surface area contributed by atoms with Crippen molar-refractivity contribution in [3.05, 3.63) is 0 Å². The van der Waals surface area contributed by atoms with Gasteiger partial charge in [0, 0.05) is 37.7 Å². The molecule has 108 valence electrons. The molecule has 4 nitrogen and oxygen atoms in total. The van der Waals surface area contributed by atoms with Crippen LogP contribution >= 0.6 is 0 Å². The molecule has 1 rings (SSSR count). The van der Waals surface area contributed by atoms with Crippen LogP contribution < -0.4 is 5.73 Å². The first-order chi connectivity index (χ1) is 8.57. The van der Waals surface area contributed by atoms with Gasteiger partial charge < -0.3 is 15.2 Å². The van der Waals surface area contributed by atoms with Crippen LogP contribution in [0.3, 0.4) is 0 Å².